The largest absolute Gasteiger partial charge is 0.495 e. The molecular formula is C14H18N4O. The highest BCUT2D eigenvalue weighted by molar-refractivity contribution is 5.54. The van der Waals surface area contributed by atoms with E-state index in [2.05, 4.69) is 15.3 Å². The van der Waals surface area contributed by atoms with Crippen LogP contribution in [0, 0.1) is 13.8 Å². The molecule has 5 heteroatoms. The first-order valence-electron chi connectivity index (χ1n) is 6.07. The lowest BCUT2D eigenvalue weighted by molar-refractivity contribution is 0.417. The second-order valence-corrected chi connectivity index (χ2v) is 4.40. The van der Waals surface area contributed by atoms with Gasteiger partial charge in [-0.2, -0.15) is 0 Å². The molecule has 0 bridgehead atoms. The van der Waals surface area contributed by atoms with Crippen molar-refractivity contribution >= 4 is 11.6 Å². The van der Waals surface area contributed by atoms with Crippen LogP contribution in [0.5, 0.6) is 5.75 Å². The van der Waals surface area contributed by atoms with Crippen molar-refractivity contribution in [3.63, 3.8) is 0 Å². The van der Waals surface area contributed by atoms with Gasteiger partial charge in [-0.05, 0) is 37.6 Å². The lowest BCUT2D eigenvalue weighted by atomic mass is 10.2. The minimum atomic E-state index is 0.622. The number of hydrogen-bond donors (Lipinski definition) is 2. The highest BCUT2D eigenvalue weighted by atomic mass is 16.5. The third kappa shape index (κ3) is 3.34. The predicted octanol–water partition coefficient (Wildman–Crippen LogP) is 2.30. The van der Waals surface area contributed by atoms with Gasteiger partial charge in [-0.25, -0.2) is 9.97 Å². The van der Waals surface area contributed by atoms with Gasteiger partial charge in [0.15, 0.2) is 0 Å². The molecular weight excluding hydrogens is 240 g/mol. The van der Waals surface area contributed by atoms with Gasteiger partial charge in [-0.1, -0.05) is 6.07 Å². The number of nitrogen functional groups attached to an aromatic ring is 1. The smallest absolute Gasteiger partial charge is 0.223 e. The second kappa shape index (κ2) is 5.56. The van der Waals surface area contributed by atoms with Gasteiger partial charge in [0.1, 0.15) is 5.75 Å². The van der Waals surface area contributed by atoms with Crippen molar-refractivity contribution < 1.29 is 4.74 Å². The van der Waals surface area contributed by atoms with Crippen molar-refractivity contribution in [3.05, 3.63) is 41.2 Å². The number of hydrogen-bond acceptors (Lipinski definition) is 5. The fraction of sp³-hybridized carbons (Fsp3) is 0.286. The summed E-state index contributed by atoms with van der Waals surface area (Å²) >= 11 is 0. The standard InChI is InChI=1S/C14H18N4O/c1-9-6-10(2)18-14(17-9)16-8-11-4-5-13(19-3)12(15)7-11/h4-7H,8,15H2,1-3H3,(H,16,17,18). The molecule has 0 spiro atoms. The molecule has 0 radical (unpaired) electrons. The van der Waals surface area contributed by atoms with Crippen molar-refractivity contribution in [3.8, 4) is 5.75 Å². The first-order chi connectivity index (χ1) is 9.08. The van der Waals surface area contributed by atoms with Gasteiger partial charge in [-0.15, -0.1) is 0 Å². The van der Waals surface area contributed by atoms with Crippen LogP contribution >= 0.6 is 0 Å². The number of anilines is 2. The van der Waals surface area contributed by atoms with Crippen LogP contribution in [0.1, 0.15) is 17.0 Å². The van der Waals surface area contributed by atoms with Crippen LogP contribution in [0.4, 0.5) is 11.6 Å². The van der Waals surface area contributed by atoms with Crippen LogP contribution in [-0.4, -0.2) is 17.1 Å². The maximum atomic E-state index is 5.87. The maximum Gasteiger partial charge on any atom is 0.223 e. The van der Waals surface area contributed by atoms with Gasteiger partial charge < -0.3 is 15.8 Å². The van der Waals surface area contributed by atoms with E-state index < -0.39 is 0 Å². The van der Waals surface area contributed by atoms with E-state index in [1.165, 1.54) is 0 Å². The Kier molecular flexibility index (Phi) is 3.85. The SMILES string of the molecule is COc1ccc(CNc2nc(C)cc(C)n2)cc1N. The number of ether oxygens (including phenoxy) is 1. The minimum absolute atomic E-state index is 0.622. The fourth-order valence-electron chi connectivity index (χ4n) is 1.88. The van der Waals surface area contributed by atoms with Crippen LogP contribution in [0.2, 0.25) is 0 Å². The molecule has 0 unspecified atom stereocenters. The molecule has 0 fully saturated rings. The van der Waals surface area contributed by atoms with Gasteiger partial charge in [0, 0.05) is 17.9 Å². The van der Waals surface area contributed by atoms with Crippen molar-refractivity contribution in [2.75, 3.05) is 18.2 Å². The lowest BCUT2D eigenvalue weighted by Gasteiger charge is -2.09. The van der Waals surface area contributed by atoms with E-state index in [1.54, 1.807) is 7.11 Å². The first kappa shape index (κ1) is 13.1. The van der Waals surface area contributed by atoms with Gasteiger partial charge in [0.05, 0.1) is 12.8 Å². The minimum Gasteiger partial charge on any atom is -0.495 e. The summed E-state index contributed by atoms with van der Waals surface area (Å²) in [5, 5.41) is 3.19. The molecule has 5 nitrogen and oxygen atoms in total. The molecule has 1 aromatic carbocycles. The van der Waals surface area contributed by atoms with E-state index in [4.69, 9.17) is 10.5 Å². The average Bonchev–Trinajstić information content (AvgIpc) is 2.35. The van der Waals surface area contributed by atoms with Crippen LogP contribution in [-0.2, 0) is 6.54 Å². The molecule has 0 aliphatic heterocycles. The zero-order chi connectivity index (χ0) is 13.8. The molecule has 1 heterocycles. The zero-order valence-electron chi connectivity index (χ0n) is 11.4. The Balaban J connectivity index is 2.08. The maximum absolute atomic E-state index is 5.87. The number of nitrogens with zero attached hydrogens (tertiary/aromatic N) is 2. The predicted molar refractivity (Wildman–Crippen MR) is 76.2 cm³/mol. The van der Waals surface area contributed by atoms with Crippen LogP contribution in [0.25, 0.3) is 0 Å². The van der Waals surface area contributed by atoms with E-state index in [-0.39, 0.29) is 0 Å². The van der Waals surface area contributed by atoms with E-state index in [0.717, 1.165) is 17.0 Å². The molecule has 0 aliphatic carbocycles. The molecule has 1 aromatic heterocycles. The molecule has 100 valence electrons. The van der Waals surface area contributed by atoms with E-state index in [0.29, 0.717) is 23.9 Å². The summed E-state index contributed by atoms with van der Waals surface area (Å²) in [6.45, 7) is 4.52. The Morgan fingerprint density at radius 2 is 1.84 bits per heavy atom. The lowest BCUT2D eigenvalue weighted by Crippen LogP contribution is -2.06. The first-order valence-corrected chi connectivity index (χ1v) is 6.07. The Bertz CT molecular complexity index is 563. The van der Waals surface area contributed by atoms with Gasteiger partial charge in [-0.3, -0.25) is 0 Å². The topological polar surface area (TPSA) is 73.1 Å². The monoisotopic (exact) mass is 258 g/mol. The molecule has 0 amide bonds. The summed E-state index contributed by atoms with van der Waals surface area (Å²) in [6.07, 6.45) is 0. The van der Waals surface area contributed by atoms with E-state index >= 15 is 0 Å². The summed E-state index contributed by atoms with van der Waals surface area (Å²) in [7, 11) is 1.60. The Morgan fingerprint density at radius 1 is 1.16 bits per heavy atom. The molecule has 19 heavy (non-hydrogen) atoms. The fourth-order valence-corrected chi connectivity index (χ4v) is 1.88. The summed E-state index contributed by atoms with van der Waals surface area (Å²) in [6, 6.07) is 7.64. The second-order valence-electron chi connectivity index (χ2n) is 4.40. The average molecular weight is 258 g/mol. The highest BCUT2D eigenvalue weighted by Crippen LogP contribution is 2.22. The van der Waals surface area contributed by atoms with Gasteiger partial charge in [0.2, 0.25) is 5.95 Å². The number of aryl methyl sites for hydroxylation is 2. The van der Waals surface area contributed by atoms with Crippen LogP contribution in [0.3, 0.4) is 0 Å². The number of nitrogens with one attached hydrogen (secondary N) is 1. The number of aromatic nitrogens is 2. The summed E-state index contributed by atoms with van der Waals surface area (Å²) in [5.41, 5.74) is 9.45. The quantitative estimate of drug-likeness (QED) is 0.823. The van der Waals surface area contributed by atoms with Crippen molar-refractivity contribution in [2.45, 2.75) is 20.4 Å². The molecule has 2 rings (SSSR count). The molecule has 0 aliphatic rings. The van der Waals surface area contributed by atoms with Gasteiger partial charge in [0.25, 0.3) is 0 Å². The third-order valence-corrected chi connectivity index (χ3v) is 2.73. The van der Waals surface area contributed by atoms with Crippen molar-refractivity contribution in [1.82, 2.24) is 9.97 Å². The Hall–Kier alpha value is -2.30. The number of rotatable bonds is 4. The third-order valence-electron chi connectivity index (χ3n) is 2.73. The van der Waals surface area contributed by atoms with E-state index in [1.807, 2.05) is 38.1 Å². The Morgan fingerprint density at radius 3 is 2.42 bits per heavy atom. The van der Waals surface area contributed by atoms with E-state index in [9.17, 15) is 0 Å². The van der Waals surface area contributed by atoms with Gasteiger partial charge >= 0.3 is 0 Å². The molecule has 0 saturated carbocycles. The Labute approximate surface area is 112 Å². The molecule has 2 aromatic rings. The van der Waals surface area contributed by atoms with Crippen molar-refractivity contribution in [2.24, 2.45) is 0 Å². The normalized spacial score (nSPS) is 10.3. The zero-order valence-corrected chi connectivity index (χ0v) is 11.4. The number of benzene rings is 1. The summed E-state index contributed by atoms with van der Waals surface area (Å²) in [4.78, 5) is 8.65. The molecule has 0 atom stereocenters. The number of nitrogens with two attached hydrogens (primary N) is 1. The number of methoxy groups -OCH3 is 1. The van der Waals surface area contributed by atoms with Crippen molar-refractivity contribution in [1.29, 1.82) is 0 Å². The summed E-state index contributed by atoms with van der Waals surface area (Å²) < 4.78 is 5.12. The summed E-state index contributed by atoms with van der Waals surface area (Å²) in [5.74, 6) is 1.32. The van der Waals surface area contributed by atoms with Crippen LogP contribution in [0.15, 0.2) is 24.3 Å². The molecule has 0 saturated heterocycles. The molecule has 3 N–H and O–H groups in total. The van der Waals surface area contributed by atoms with Crippen LogP contribution < -0.4 is 15.8 Å². The highest BCUT2D eigenvalue weighted by Gasteiger charge is 2.02.